The maximum Gasteiger partial charge on any atom is 0.239 e. The lowest BCUT2D eigenvalue weighted by Gasteiger charge is -2.22. The number of sulfonamides is 1. The third kappa shape index (κ3) is 6.82. The SMILES string of the molecule is C=CCS(=O)(=O)N(Cc1ccccc1)c1cnn(-c2ccccc2)c1.COc1ccccc1. The van der Waals surface area contributed by atoms with E-state index in [4.69, 9.17) is 4.74 Å². The Morgan fingerprint density at radius 1 is 0.939 bits per heavy atom. The molecule has 0 atom stereocenters. The molecular formula is C26H27N3O3S. The van der Waals surface area contributed by atoms with E-state index in [0.29, 0.717) is 5.69 Å². The highest BCUT2D eigenvalue weighted by Gasteiger charge is 2.23. The highest BCUT2D eigenvalue weighted by atomic mass is 32.2. The molecule has 0 N–H and O–H groups in total. The highest BCUT2D eigenvalue weighted by molar-refractivity contribution is 7.92. The van der Waals surface area contributed by atoms with Crippen LogP contribution < -0.4 is 9.04 Å². The average molecular weight is 462 g/mol. The summed E-state index contributed by atoms with van der Waals surface area (Å²) >= 11 is 0. The van der Waals surface area contributed by atoms with Crippen LogP contribution in [0.25, 0.3) is 5.69 Å². The summed E-state index contributed by atoms with van der Waals surface area (Å²) in [7, 11) is -1.87. The second-order valence-electron chi connectivity index (χ2n) is 7.06. The average Bonchev–Trinajstić information content (AvgIpc) is 3.34. The van der Waals surface area contributed by atoms with E-state index in [1.807, 2.05) is 91.0 Å². The minimum absolute atomic E-state index is 0.129. The van der Waals surface area contributed by atoms with Crippen molar-refractivity contribution in [1.82, 2.24) is 9.78 Å². The fourth-order valence-electron chi connectivity index (χ4n) is 3.06. The third-order valence-corrected chi connectivity index (χ3v) is 6.36. The van der Waals surface area contributed by atoms with Crippen LogP contribution in [-0.4, -0.2) is 31.1 Å². The van der Waals surface area contributed by atoms with Crippen molar-refractivity contribution in [3.63, 3.8) is 0 Å². The molecule has 0 saturated heterocycles. The number of ether oxygens (including phenoxy) is 1. The van der Waals surface area contributed by atoms with Gasteiger partial charge in [-0.15, -0.1) is 6.58 Å². The van der Waals surface area contributed by atoms with E-state index in [0.717, 1.165) is 17.0 Å². The Hall–Kier alpha value is -3.84. The molecule has 0 fully saturated rings. The van der Waals surface area contributed by atoms with E-state index in [-0.39, 0.29) is 12.3 Å². The molecule has 0 bridgehead atoms. The Labute approximate surface area is 195 Å². The van der Waals surface area contributed by atoms with Gasteiger partial charge in [-0.3, -0.25) is 4.31 Å². The normalized spacial score (nSPS) is 10.6. The van der Waals surface area contributed by atoms with Gasteiger partial charge in [0.15, 0.2) is 0 Å². The Morgan fingerprint density at radius 3 is 2.06 bits per heavy atom. The Bertz CT molecular complexity index is 1230. The van der Waals surface area contributed by atoms with Crippen LogP contribution in [0.15, 0.2) is 116 Å². The van der Waals surface area contributed by atoms with E-state index >= 15 is 0 Å². The van der Waals surface area contributed by atoms with Crippen LogP contribution in [0, 0.1) is 0 Å². The molecule has 0 aliphatic carbocycles. The van der Waals surface area contributed by atoms with Crippen molar-refractivity contribution in [2.45, 2.75) is 6.54 Å². The maximum atomic E-state index is 12.7. The zero-order valence-corrected chi connectivity index (χ0v) is 19.3. The second-order valence-corrected chi connectivity index (χ2v) is 8.99. The fraction of sp³-hybridized carbons (Fsp3) is 0.115. The predicted molar refractivity (Wildman–Crippen MR) is 133 cm³/mol. The molecule has 0 amide bonds. The van der Waals surface area contributed by atoms with E-state index in [9.17, 15) is 8.42 Å². The number of anilines is 1. The van der Waals surface area contributed by atoms with Gasteiger partial charge in [0.1, 0.15) is 5.75 Å². The first-order chi connectivity index (χ1) is 16.0. The van der Waals surface area contributed by atoms with Crippen LogP contribution >= 0.6 is 0 Å². The molecule has 0 unspecified atom stereocenters. The van der Waals surface area contributed by atoms with Gasteiger partial charge in [-0.05, 0) is 29.8 Å². The van der Waals surface area contributed by atoms with Gasteiger partial charge in [0.25, 0.3) is 0 Å². The maximum absolute atomic E-state index is 12.7. The number of nitrogens with zero attached hydrogens (tertiary/aromatic N) is 3. The van der Waals surface area contributed by atoms with Gasteiger partial charge in [-0.1, -0.05) is 72.8 Å². The van der Waals surface area contributed by atoms with Crippen molar-refractivity contribution >= 4 is 15.7 Å². The number of hydrogen-bond acceptors (Lipinski definition) is 4. The summed E-state index contributed by atoms with van der Waals surface area (Å²) in [5.74, 6) is 0.781. The van der Waals surface area contributed by atoms with Gasteiger partial charge in [0.05, 0.1) is 43.2 Å². The van der Waals surface area contributed by atoms with Gasteiger partial charge in [-0.25, -0.2) is 13.1 Å². The van der Waals surface area contributed by atoms with Crippen LogP contribution in [0.4, 0.5) is 5.69 Å². The van der Waals surface area contributed by atoms with Crippen LogP contribution in [0.5, 0.6) is 5.75 Å². The lowest BCUT2D eigenvalue weighted by atomic mass is 10.2. The first-order valence-corrected chi connectivity index (χ1v) is 12.0. The van der Waals surface area contributed by atoms with Gasteiger partial charge >= 0.3 is 0 Å². The predicted octanol–water partition coefficient (Wildman–Crippen LogP) is 5.09. The van der Waals surface area contributed by atoms with Gasteiger partial charge in [0, 0.05) is 0 Å². The van der Waals surface area contributed by atoms with Crippen LogP contribution in [0.2, 0.25) is 0 Å². The summed E-state index contributed by atoms with van der Waals surface area (Å²) in [5, 5.41) is 4.31. The standard InChI is InChI=1S/C19H19N3O2S.C7H8O/c1-2-13-25(23,24)22(15-17-9-5-3-6-10-17)19-14-20-21(16-19)18-11-7-4-8-12-18;1-8-7-5-3-2-4-6-7/h2-12,14,16H,1,13,15H2;2-6H,1H3. The molecule has 0 aliphatic rings. The smallest absolute Gasteiger partial charge is 0.239 e. The largest absolute Gasteiger partial charge is 0.497 e. The first-order valence-electron chi connectivity index (χ1n) is 10.4. The molecule has 6 nitrogen and oxygen atoms in total. The van der Waals surface area contributed by atoms with Crippen molar-refractivity contribution in [2.24, 2.45) is 0 Å². The first kappa shape index (κ1) is 23.8. The molecular weight excluding hydrogens is 434 g/mol. The van der Waals surface area contributed by atoms with Crippen molar-refractivity contribution in [1.29, 1.82) is 0 Å². The van der Waals surface area contributed by atoms with Gasteiger partial charge in [0.2, 0.25) is 10.0 Å². The number of aromatic nitrogens is 2. The molecule has 0 radical (unpaired) electrons. The summed E-state index contributed by atoms with van der Waals surface area (Å²) in [5.41, 5.74) is 2.30. The molecule has 4 aromatic rings. The molecule has 1 heterocycles. The van der Waals surface area contributed by atoms with Crippen molar-refractivity contribution in [3.05, 3.63) is 122 Å². The summed E-state index contributed by atoms with van der Waals surface area (Å²) in [6.45, 7) is 3.80. The molecule has 7 heteroatoms. The molecule has 4 rings (SSSR count). The third-order valence-electron chi connectivity index (χ3n) is 4.69. The summed E-state index contributed by atoms with van der Waals surface area (Å²) in [6, 6.07) is 28.7. The van der Waals surface area contributed by atoms with Gasteiger partial charge < -0.3 is 4.74 Å². The van der Waals surface area contributed by atoms with E-state index in [1.54, 1.807) is 24.2 Å². The zero-order chi connectivity index (χ0) is 23.5. The molecule has 170 valence electrons. The molecule has 0 spiro atoms. The topological polar surface area (TPSA) is 64.4 Å². The lowest BCUT2D eigenvalue weighted by molar-refractivity contribution is 0.415. The summed E-state index contributed by atoms with van der Waals surface area (Å²) < 4.78 is 33.3. The van der Waals surface area contributed by atoms with Crippen molar-refractivity contribution in [3.8, 4) is 11.4 Å². The van der Waals surface area contributed by atoms with Crippen LogP contribution in [-0.2, 0) is 16.6 Å². The number of rotatable bonds is 8. The molecule has 1 aromatic heterocycles. The van der Waals surface area contributed by atoms with Crippen LogP contribution in [0.1, 0.15) is 5.56 Å². The van der Waals surface area contributed by atoms with Crippen molar-refractivity contribution in [2.75, 3.05) is 17.2 Å². The molecule has 0 aliphatic heterocycles. The Morgan fingerprint density at radius 2 is 1.52 bits per heavy atom. The molecule has 33 heavy (non-hydrogen) atoms. The molecule has 0 saturated carbocycles. The van der Waals surface area contributed by atoms with Gasteiger partial charge in [-0.2, -0.15) is 5.10 Å². The van der Waals surface area contributed by atoms with E-state index < -0.39 is 10.0 Å². The highest BCUT2D eigenvalue weighted by Crippen LogP contribution is 2.22. The van der Waals surface area contributed by atoms with E-state index in [2.05, 4.69) is 11.7 Å². The minimum atomic E-state index is -3.53. The minimum Gasteiger partial charge on any atom is -0.497 e. The fourth-order valence-corrected chi connectivity index (χ4v) is 4.30. The van der Waals surface area contributed by atoms with E-state index in [1.165, 1.54) is 10.4 Å². The number of para-hydroxylation sites is 2. The lowest BCUT2D eigenvalue weighted by Crippen LogP contribution is -2.31. The summed E-state index contributed by atoms with van der Waals surface area (Å²) in [4.78, 5) is 0. The Kier molecular flexibility index (Phi) is 8.43. The number of hydrogen-bond donors (Lipinski definition) is 0. The number of methoxy groups -OCH3 is 1. The molecule has 3 aromatic carbocycles. The van der Waals surface area contributed by atoms with Crippen molar-refractivity contribution < 1.29 is 13.2 Å². The zero-order valence-electron chi connectivity index (χ0n) is 18.5. The quantitative estimate of drug-likeness (QED) is 0.343. The number of benzene rings is 3. The summed E-state index contributed by atoms with van der Waals surface area (Å²) in [6.07, 6.45) is 4.68. The second kappa shape index (κ2) is 11.7. The monoisotopic (exact) mass is 461 g/mol. The van der Waals surface area contributed by atoms with Crippen LogP contribution in [0.3, 0.4) is 0 Å². The Balaban J connectivity index is 0.000000323.